The molecule has 1 rings (SSSR count). The van der Waals surface area contributed by atoms with Crippen molar-refractivity contribution in [2.24, 2.45) is 0 Å². The van der Waals surface area contributed by atoms with E-state index in [1.54, 1.807) is 6.08 Å². The van der Waals surface area contributed by atoms with Gasteiger partial charge in [0, 0.05) is 14.0 Å². The number of ether oxygens (including phenoxy) is 2. The highest BCUT2D eigenvalue weighted by Gasteiger charge is 2.17. The molecule has 0 aliphatic rings. The van der Waals surface area contributed by atoms with E-state index in [9.17, 15) is 9.59 Å². The van der Waals surface area contributed by atoms with E-state index in [1.165, 1.54) is 20.1 Å². The van der Waals surface area contributed by atoms with Crippen molar-refractivity contribution in [3.05, 3.63) is 42.0 Å². The summed E-state index contributed by atoms with van der Waals surface area (Å²) in [4.78, 5) is 22.3. The maximum atomic E-state index is 11.6. The lowest BCUT2D eigenvalue weighted by Gasteiger charge is -2.11. The normalized spacial score (nSPS) is 12.4. The zero-order chi connectivity index (χ0) is 12.7. The van der Waals surface area contributed by atoms with Gasteiger partial charge in [0.1, 0.15) is 0 Å². The number of methoxy groups -OCH3 is 1. The van der Waals surface area contributed by atoms with Crippen molar-refractivity contribution in [2.45, 2.75) is 13.2 Å². The topological polar surface area (TPSA) is 52.6 Å². The summed E-state index contributed by atoms with van der Waals surface area (Å²) >= 11 is 0. The van der Waals surface area contributed by atoms with E-state index in [2.05, 4.69) is 4.74 Å². The Morgan fingerprint density at radius 1 is 1.24 bits per heavy atom. The molecule has 0 N–H and O–H groups in total. The van der Waals surface area contributed by atoms with Gasteiger partial charge in [-0.1, -0.05) is 36.4 Å². The van der Waals surface area contributed by atoms with Gasteiger partial charge in [-0.3, -0.25) is 9.59 Å². The molecule has 1 aromatic carbocycles. The van der Waals surface area contributed by atoms with E-state index in [-0.39, 0.29) is 0 Å². The van der Waals surface area contributed by atoms with E-state index in [0.717, 1.165) is 5.56 Å². The molecule has 0 radical (unpaired) electrons. The molecule has 0 aromatic heterocycles. The maximum absolute atomic E-state index is 11.6. The third-order valence-electron chi connectivity index (χ3n) is 1.96. The fraction of sp³-hybridized carbons (Fsp3) is 0.231. The van der Waals surface area contributed by atoms with Crippen molar-refractivity contribution in [1.29, 1.82) is 0 Å². The number of carbonyl (C=O) groups excluding carboxylic acids is 2. The van der Waals surface area contributed by atoms with E-state index in [0.29, 0.717) is 0 Å². The van der Waals surface area contributed by atoms with Gasteiger partial charge in [-0.15, -0.1) is 0 Å². The van der Waals surface area contributed by atoms with Crippen molar-refractivity contribution in [3.63, 3.8) is 0 Å². The molecule has 0 saturated heterocycles. The van der Waals surface area contributed by atoms with E-state index >= 15 is 0 Å². The van der Waals surface area contributed by atoms with Crippen LogP contribution in [0, 0.1) is 0 Å². The van der Waals surface area contributed by atoms with Crippen LogP contribution in [0.1, 0.15) is 12.5 Å². The quantitative estimate of drug-likeness (QED) is 0.443. The van der Waals surface area contributed by atoms with E-state index < -0.39 is 18.0 Å². The van der Waals surface area contributed by atoms with E-state index in [4.69, 9.17) is 4.74 Å². The van der Waals surface area contributed by atoms with E-state index in [1.807, 2.05) is 30.3 Å². The highest BCUT2D eigenvalue weighted by Crippen LogP contribution is 2.03. The summed E-state index contributed by atoms with van der Waals surface area (Å²) in [5, 5.41) is 0. The van der Waals surface area contributed by atoms with Crippen molar-refractivity contribution in [2.75, 3.05) is 7.11 Å². The van der Waals surface area contributed by atoms with Crippen molar-refractivity contribution in [3.8, 4) is 0 Å². The summed E-state index contributed by atoms with van der Waals surface area (Å²) < 4.78 is 9.46. The molecule has 0 aliphatic heterocycles. The van der Waals surface area contributed by atoms with Crippen LogP contribution >= 0.6 is 0 Å². The zero-order valence-corrected chi connectivity index (χ0v) is 9.75. The lowest BCUT2D eigenvalue weighted by Crippen LogP contribution is -2.26. The van der Waals surface area contributed by atoms with Crippen LogP contribution in [0.25, 0.3) is 6.08 Å². The third-order valence-corrected chi connectivity index (χ3v) is 1.96. The third kappa shape index (κ3) is 4.61. The monoisotopic (exact) mass is 234 g/mol. The fourth-order valence-corrected chi connectivity index (χ4v) is 1.19. The first-order valence-corrected chi connectivity index (χ1v) is 5.10. The smallest absolute Gasteiger partial charge is 0.305 e. The minimum Gasteiger partial charge on any atom is -0.428 e. The molecular weight excluding hydrogens is 220 g/mol. The van der Waals surface area contributed by atoms with Gasteiger partial charge in [-0.2, -0.15) is 0 Å². The Bertz CT molecular complexity index is 409. The summed E-state index contributed by atoms with van der Waals surface area (Å²) in [6.45, 7) is 1.22. The van der Waals surface area contributed by atoms with Crippen LogP contribution < -0.4 is 0 Å². The van der Waals surface area contributed by atoms with Crippen molar-refractivity contribution < 1.29 is 19.1 Å². The number of hydrogen-bond donors (Lipinski definition) is 0. The van der Waals surface area contributed by atoms with Crippen LogP contribution in [0.2, 0.25) is 0 Å². The molecule has 1 aromatic rings. The van der Waals surface area contributed by atoms with Crippen LogP contribution in [-0.4, -0.2) is 25.2 Å². The first-order valence-electron chi connectivity index (χ1n) is 5.10. The summed E-state index contributed by atoms with van der Waals surface area (Å²) in [6, 6.07) is 9.33. The zero-order valence-electron chi connectivity index (χ0n) is 9.75. The molecule has 0 amide bonds. The summed E-state index contributed by atoms with van der Waals surface area (Å²) in [6.07, 6.45) is 1.79. The van der Waals surface area contributed by atoms with Gasteiger partial charge in [-0.05, 0) is 11.6 Å². The van der Waals surface area contributed by atoms with Crippen LogP contribution in [0.5, 0.6) is 0 Å². The number of hydrogen-bond acceptors (Lipinski definition) is 4. The predicted octanol–water partition coefficient (Wildman–Crippen LogP) is 1.80. The van der Waals surface area contributed by atoms with Crippen molar-refractivity contribution in [1.82, 2.24) is 0 Å². The number of benzene rings is 1. The van der Waals surface area contributed by atoms with Crippen LogP contribution in [0.4, 0.5) is 0 Å². The lowest BCUT2D eigenvalue weighted by molar-refractivity contribution is -0.176. The van der Waals surface area contributed by atoms with Crippen molar-refractivity contribution >= 4 is 17.8 Å². The van der Waals surface area contributed by atoms with Gasteiger partial charge in [0.2, 0.25) is 5.78 Å². The summed E-state index contributed by atoms with van der Waals surface area (Å²) in [5.74, 6) is -0.968. The second-order valence-electron chi connectivity index (χ2n) is 3.32. The highest BCUT2D eigenvalue weighted by atomic mass is 16.7. The van der Waals surface area contributed by atoms with Gasteiger partial charge >= 0.3 is 5.97 Å². The Morgan fingerprint density at radius 3 is 2.41 bits per heavy atom. The second kappa shape index (κ2) is 6.60. The Kier molecular flexibility index (Phi) is 5.10. The molecule has 0 spiro atoms. The molecule has 1 atom stereocenters. The number of carbonyl (C=O) groups is 2. The molecule has 1 unspecified atom stereocenters. The first-order chi connectivity index (χ1) is 8.13. The molecule has 0 fully saturated rings. The van der Waals surface area contributed by atoms with Crippen LogP contribution in [0.3, 0.4) is 0 Å². The van der Waals surface area contributed by atoms with Gasteiger partial charge in [0.05, 0.1) is 0 Å². The summed E-state index contributed by atoms with van der Waals surface area (Å²) in [5.41, 5.74) is 0.888. The molecule has 0 bridgehead atoms. The molecule has 4 heteroatoms. The van der Waals surface area contributed by atoms with Crippen LogP contribution in [0.15, 0.2) is 36.4 Å². The second-order valence-corrected chi connectivity index (χ2v) is 3.32. The van der Waals surface area contributed by atoms with Gasteiger partial charge in [0.15, 0.2) is 0 Å². The van der Waals surface area contributed by atoms with Crippen LogP contribution in [-0.2, 0) is 19.1 Å². The van der Waals surface area contributed by atoms with Gasteiger partial charge < -0.3 is 9.47 Å². The number of ketones is 1. The summed E-state index contributed by atoms with van der Waals surface area (Å²) in [7, 11) is 1.31. The molecule has 90 valence electrons. The molecule has 0 heterocycles. The Morgan fingerprint density at radius 2 is 1.88 bits per heavy atom. The Hall–Kier alpha value is -1.94. The van der Waals surface area contributed by atoms with Gasteiger partial charge in [0.25, 0.3) is 6.29 Å². The molecule has 17 heavy (non-hydrogen) atoms. The lowest BCUT2D eigenvalue weighted by atomic mass is 10.2. The number of rotatable bonds is 5. The SMILES string of the molecule is COC(OC(C)=O)C(=O)C=Cc1ccccc1. The molecule has 0 saturated carbocycles. The average Bonchev–Trinajstić information content (AvgIpc) is 2.34. The first kappa shape index (κ1) is 13.1. The average molecular weight is 234 g/mol. The molecule has 0 aliphatic carbocycles. The standard InChI is InChI=1S/C13H14O4/c1-10(14)17-13(16-2)12(15)9-8-11-6-4-3-5-7-11/h3-9,13H,1-2H3. The predicted molar refractivity (Wildman–Crippen MR) is 63.0 cm³/mol. The number of esters is 1. The largest absolute Gasteiger partial charge is 0.428 e. The Balaban J connectivity index is 2.64. The molecule has 4 nitrogen and oxygen atoms in total. The minimum atomic E-state index is -1.17. The maximum Gasteiger partial charge on any atom is 0.305 e. The van der Waals surface area contributed by atoms with Gasteiger partial charge in [-0.25, -0.2) is 0 Å². The fourth-order valence-electron chi connectivity index (χ4n) is 1.19. The highest BCUT2D eigenvalue weighted by molar-refractivity contribution is 5.96. The Labute approximate surface area is 99.8 Å². The minimum absolute atomic E-state index is 0.411. The molecular formula is C13H14O4.